The van der Waals surface area contributed by atoms with Gasteiger partial charge in [0.25, 0.3) is 0 Å². The quantitative estimate of drug-likeness (QED) is 0.588. The fraction of sp³-hybridized carbons (Fsp3) is 0.692. The van der Waals surface area contributed by atoms with Crippen molar-refractivity contribution < 1.29 is 19.1 Å². The zero-order chi connectivity index (χ0) is 23.3. The number of hydrogen-bond donors (Lipinski definition) is 1. The van der Waals surface area contributed by atoms with Gasteiger partial charge in [0.05, 0.1) is 25.4 Å². The molecule has 1 fully saturated rings. The van der Waals surface area contributed by atoms with Crippen LogP contribution in [0.2, 0.25) is 0 Å². The van der Waals surface area contributed by atoms with Gasteiger partial charge in [-0.3, -0.25) is 9.59 Å². The van der Waals surface area contributed by atoms with Gasteiger partial charge in [-0.2, -0.15) is 0 Å². The minimum Gasteiger partial charge on any atom is -0.382 e. The Morgan fingerprint density at radius 2 is 1.81 bits per heavy atom. The largest absolute Gasteiger partial charge is 0.382 e. The van der Waals surface area contributed by atoms with Crippen LogP contribution in [0.5, 0.6) is 0 Å². The van der Waals surface area contributed by atoms with Crippen LogP contribution in [0.1, 0.15) is 70.5 Å². The second kappa shape index (κ2) is 10.8. The molecule has 0 bridgehead atoms. The van der Waals surface area contributed by atoms with Crippen LogP contribution in [0.4, 0.5) is 0 Å². The summed E-state index contributed by atoms with van der Waals surface area (Å²) in [6.45, 7) is 10.6. The van der Waals surface area contributed by atoms with Gasteiger partial charge >= 0.3 is 0 Å². The van der Waals surface area contributed by atoms with E-state index in [9.17, 15) is 9.59 Å². The van der Waals surface area contributed by atoms with Crippen molar-refractivity contribution in [3.05, 3.63) is 35.4 Å². The van der Waals surface area contributed by atoms with E-state index < -0.39 is 0 Å². The molecule has 1 saturated heterocycles. The van der Waals surface area contributed by atoms with Crippen LogP contribution >= 0.6 is 0 Å². The number of rotatable bonds is 9. The summed E-state index contributed by atoms with van der Waals surface area (Å²) in [5, 5.41) is 3.26. The average molecular weight is 445 g/mol. The Morgan fingerprint density at radius 1 is 1.12 bits per heavy atom. The average Bonchev–Trinajstić information content (AvgIpc) is 3.02. The van der Waals surface area contributed by atoms with Gasteiger partial charge in [0.1, 0.15) is 0 Å². The predicted octanol–water partition coefficient (Wildman–Crippen LogP) is 3.84. The molecule has 1 aliphatic heterocycles. The molecule has 1 heterocycles. The second-order valence-electron chi connectivity index (χ2n) is 9.98. The van der Waals surface area contributed by atoms with Gasteiger partial charge in [-0.25, -0.2) is 0 Å². The third kappa shape index (κ3) is 5.18. The van der Waals surface area contributed by atoms with E-state index in [0.29, 0.717) is 25.6 Å². The van der Waals surface area contributed by atoms with E-state index in [1.165, 1.54) is 5.56 Å². The molecule has 1 aliphatic carbocycles. The monoisotopic (exact) mass is 444 g/mol. The van der Waals surface area contributed by atoms with E-state index in [1.807, 2.05) is 24.8 Å². The van der Waals surface area contributed by atoms with Crippen molar-refractivity contribution in [1.29, 1.82) is 0 Å². The summed E-state index contributed by atoms with van der Waals surface area (Å²) in [5.41, 5.74) is 2.18. The number of methoxy groups -OCH3 is 1. The Bertz CT molecular complexity index is 784. The van der Waals surface area contributed by atoms with Crippen molar-refractivity contribution in [2.75, 3.05) is 33.4 Å². The number of carbonyl (C=O) groups excluding carboxylic acids is 2. The first kappa shape index (κ1) is 24.7. The zero-order valence-electron chi connectivity index (χ0n) is 20.4. The van der Waals surface area contributed by atoms with Gasteiger partial charge in [-0.05, 0) is 36.3 Å². The van der Waals surface area contributed by atoms with Crippen LogP contribution < -0.4 is 5.32 Å². The molecule has 2 amide bonds. The smallest absolute Gasteiger partial charge is 0.223 e. The first-order valence-electron chi connectivity index (χ1n) is 12.1. The molecule has 3 rings (SSSR count). The van der Waals surface area contributed by atoms with E-state index >= 15 is 0 Å². The molecule has 2 atom stereocenters. The van der Waals surface area contributed by atoms with Crippen LogP contribution in [0, 0.1) is 11.8 Å². The van der Waals surface area contributed by atoms with Gasteiger partial charge in [0, 0.05) is 38.0 Å². The van der Waals surface area contributed by atoms with E-state index in [-0.39, 0.29) is 35.3 Å². The number of ether oxygens (including phenoxy) is 2. The number of piperidine rings is 1. The number of nitrogens with zero attached hydrogens (tertiary/aromatic N) is 1. The van der Waals surface area contributed by atoms with E-state index in [0.717, 1.165) is 37.9 Å². The van der Waals surface area contributed by atoms with Crippen molar-refractivity contribution in [1.82, 2.24) is 10.2 Å². The number of nitrogens with one attached hydrogen (secondary N) is 1. The number of carbonyl (C=O) groups is 2. The highest BCUT2D eigenvalue weighted by Gasteiger charge is 2.54. The summed E-state index contributed by atoms with van der Waals surface area (Å²) in [6, 6.07) is 8.20. The number of hydrogen-bond acceptors (Lipinski definition) is 4. The Morgan fingerprint density at radius 3 is 2.44 bits per heavy atom. The van der Waals surface area contributed by atoms with Gasteiger partial charge in [-0.15, -0.1) is 0 Å². The predicted molar refractivity (Wildman–Crippen MR) is 125 cm³/mol. The van der Waals surface area contributed by atoms with Crippen LogP contribution in [0.3, 0.4) is 0 Å². The first-order chi connectivity index (χ1) is 15.3. The van der Waals surface area contributed by atoms with Crippen molar-refractivity contribution in [3.63, 3.8) is 0 Å². The molecular formula is C26H40N2O4. The highest BCUT2D eigenvalue weighted by molar-refractivity contribution is 5.79. The Kier molecular flexibility index (Phi) is 8.34. The fourth-order valence-electron chi connectivity index (χ4n) is 5.12. The van der Waals surface area contributed by atoms with Gasteiger partial charge in [0.15, 0.2) is 0 Å². The molecule has 1 aromatic rings. The standard InChI is InChI=1S/C26H40N2O4/c1-18(2)10-11-22(29)28-14-12-26(13-15-28)21-9-7-6-8-20(21)23(27-25(30)19(3)4)24(26)32-17-16-31-5/h6-9,18-19,23-24H,10-17H2,1-5H3,(H,27,30)/t23-,24+/m1/s1. The number of likely N-dealkylation sites (tertiary alicyclic amines) is 1. The normalized spacial score (nSPS) is 21.9. The lowest BCUT2D eigenvalue weighted by molar-refractivity contribution is -0.135. The molecule has 32 heavy (non-hydrogen) atoms. The fourth-order valence-corrected chi connectivity index (χ4v) is 5.12. The molecule has 1 aromatic carbocycles. The maximum atomic E-state index is 12.7. The van der Waals surface area contributed by atoms with Crippen molar-refractivity contribution in [2.45, 2.75) is 70.9 Å². The number of benzene rings is 1. The molecule has 1 N–H and O–H groups in total. The molecule has 0 unspecified atom stereocenters. The number of fused-ring (bicyclic) bond motifs is 2. The summed E-state index contributed by atoms with van der Waals surface area (Å²) in [7, 11) is 1.67. The molecule has 0 saturated carbocycles. The van der Waals surface area contributed by atoms with Crippen molar-refractivity contribution >= 4 is 11.8 Å². The van der Waals surface area contributed by atoms with Gasteiger partial charge in [-0.1, -0.05) is 52.0 Å². The molecular weight excluding hydrogens is 404 g/mol. The highest BCUT2D eigenvalue weighted by Crippen LogP contribution is 2.52. The summed E-state index contributed by atoms with van der Waals surface area (Å²) < 4.78 is 11.7. The SMILES string of the molecule is COCCO[C@H]1[C@H](NC(=O)C(C)C)c2ccccc2C12CCN(C(=O)CCC(C)C)CC2. The Labute approximate surface area is 193 Å². The molecule has 6 heteroatoms. The molecule has 2 aliphatic rings. The minimum absolute atomic E-state index is 0.0310. The maximum Gasteiger partial charge on any atom is 0.223 e. The van der Waals surface area contributed by atoms with Crippen LogP contribution in [0.15, 0.2) is 24.3 Å². The van der Waals surface area contributed by atoms with Gasteiger partial charge < -0.3 is 19.7 Å². The van der Waals surface area contributed by atoms with Crippen LogP contribution in [-0.2, 0) is 24.5 Å². The summed E-state index contributed by atoms with van der Waals surface area (Å²) in [5.74, 6) is 0.712. The third-order valence-corrected chi connectivity index (χ3v) is 7.03. The maximum absolute atomic E-state index is 12.7. The van der Waals surface area contributed by atoms with Gasteiger partial charge in [0.2, 0.25) is 11.8 Å². The first-order valence-corrected chi connectivity index (χ1v) is 12.1. The molecule has 1 spiro atoms. The van der Waals surface area contributed by atoms with Crippen molar-refractivity contribution in [2.24, 2.45) is 11.8 Å². The van der Waals surface area contributed by atoms with Crippen LogP contribution in [0.25, 0.3) is 0 Å². The summed E-state index contributed by atoms with van der Waals surface area (Å²) in [6.07, 6.45) is 3.04. The lowest BCUT2D eigenvalue weighted by Gasteiger charge is -2.44. The topological polar surface area (TPSA) is 67.9 Å². The molecule has 0 aromatic heterocycles. The lowest BCUT2D eigenvalue weighted by atomic mass is 9.71. The van der Waals surface area contributed by atoms with E-state index in [2.05, 4.69) is 37.4 Å². The third-order valence-electron chi connectivity index (χ3n) is 7.03. The minimum atomic E-state index is -0.214. The molecule has 178 valence electrons. The van der Waals surface area contributed by atoms with E-state index in [1.54, 1.807) is 7.11 Å². The molecule has 0 radical (unpaired) electrons. The lowest BCUT2D eigenvalue weighted by Crippen LogP contribution is -2.52. The Balaban J connectivity index is 1.85. The zero-order valence-corrected chi connectivity index (χ0v) is 20.4. The second-order valence-corrected chi connectivity index (χ2v) is 9.98. The molecule has 6 nitrogen and oxygen atoms in total. The Hall–Kier alpha value is -1.92. The highest BCUT2D eigenvalue weighted by atomic mass is 16.5. The number of amides is 2. The van der Waals surface area contributed by atoms with Crippen LogP contribution in [-0.4, -0.2) is 56.2 Å². The summed E-state index contributed by atoms with van der Waals surface area (Å²) in [4.78, 5) is 27.4. The van der Waals surface area contributed by atoms with E-state index in [4.69, 9.17) is 9.47 Å². The van der Waals surface area contributed by atoms with Crippen molar-refractivity contribution in [3.8, 4) is 0 Å². The summed E-state index contributed by atoms with van der Waals surface area (Å²) >= 11 is 0.